The molecule has 5 nitrogen and oxygen atoms in total. The van der Waals surface area contributed by atoms with Gasteiger partial charge in [-0.3, -0.25) is 0 Å². The van der Waals surface area contributed by atoms with Gasteiger partial charge in [-0.15, -0.1) is 11.6 Å². The lowest BCUT2D eigenvalue weighted by atomic mass is 10.2. The molecule has 1 aliphatic heterocycles. The van der Waals surface area contributed by atoms with E-state index < -0.39 is 10.0 Å². The molecule has 0 bridgehead atoms. The summed E-state index contributed by atoms with van der Waals surface area (Å²) in [6.45, 7) is 1.07. The van der Waals surface area contributed by atoms with Crippen LogP contribution >= 0.6 is 11.6 Å². The number of pyridine rings is 1. The number of likely N-dealkylation sites (N-methyl/N-ethyl adjacent to an activating group) is 1. The lowest BCUT2D eigenvalue weighted by Gasteiger charge is -2.20. The number of sulfonamides is 1. The Morgan fingerprint density at radius 2 is 2.32 bits per heavy atom. The van der Waals surface area contributed by atoms with Crippen LogP contribution < -0.4 is 0 Å². The van der Waals surface area contributed by atoms with E-state index in [0.717, 1.165) is 18.4 Å². The predicted octanol–water partition coefficient (Wildman–Crippen LogP) is 1.62. The topological polar surface area (TPSA) is 59.5 Å². The van der Waals surface area contributed by atoms with E-state index in [4.69, 9.17) is 16.3 Å². The largest absolute Gasteiger partial charge is 0.377 e. The molecule has 106 valence electrons. The van der Waals surface area contributed by atoms with Crippen molar-refractivity contribution in [3.8, 4) is 0 Å². The molecule has 0 aromatic carbocycles. The minimum atomic E-state index is -3.55. The summed E-state index contributed by atoms with van der Waals surface area (Å²) in [4.78, 5) is 3.96. The van der Waals surface area contributed by atoms with Crippen LogP contribution in [0.2, 0.25) is 0 Å². The number of nitrogens with zero attached hydrogens (tertiary/aromatic N) is 2. The Labute approximate surface area is 118 Å². The van der Waals surface area contributed by atoms with E-state index in [1.807, 2.05) is 0 Å². The van der Waals surface area contributed by atoms with Crippen molar-refractivity contribution in [2.45, 2.75) is 29.9 Å². The van der Waals surface area contributed by atoms with Crippen LogP contribution in [0, 0.1) is 0 Å². The third-order valence-corrected chi connectivity index (χ3v) is 5.16. The molecule has 0 radical (unpaired) electrons. The van der Waals surface area contributed by atoms with Gasteiger partial charge in [-0.05, 0) is 24.5 Å². The van der Waals surface area contributed by atoms with E-state index in [1.54, 1.807) is 13.1 Å². The smallest absolute Gasteiger partial charge is 0.260 e. The molecule has 1 atom stereocenters. The Morgan fingerprint density at radius 3 is 2.84 bits per heavy atom. The second-order valence-electron chi connectivity index (χ2n) is 4.56. The Morgan fingerprint density at radius 1 is 1.53 bits per heavy atom. The maximum absolute atomic E-state index is 12.3. The van der Waals surface area contributed by atoms with E-state index in [2.05, 4.69) is 4.98 Å². The third kappa shape index (κ3) is 3.45. The summed E-state index contributed by atoms with van der Waals surface area (Å²) in [6, 6.07) is 3.16. The molecule has 1 aliphatic rings. The van der Waals surface area contributed by atoms with Crippen LogP contribution in [0.25, 0.3) is 0 Å². The van der Waals surface area contributed by atoms with Gasteiger partial charge in [0.15, 0.2) is 5.03 Å². The molecule has 0 saturated carbocycles. The molecule has 0 aliphatic carbocycles. The lowest BCUT2D eigenvalue weighted by molar-refractivity contribution is 0.0978. The fourth-order valence-corrected chi connectivity index (χ4v) is 3.24. The van der Waals surface area contributed by atoms with Gasteiger partial charge in [0.05, 0.1) is 6.10 Å². The van der Waals surface area contributed by atoms with Crippen LogP contribution in [0.4, 0.5) is 0 Å². The van der Waals surface area contributed by atoms with Gasteiger partial charge in [0.2, 0.25) is 0 Å². The summed E-state index contributed by atoms with van der Waals surface area (Å²) >= 11 is 5.65. The molecular formula is C12H17ClN2O3S. The van der Waals surface area contributed by atoms with Crippen molar-refractivity contribution in [2.75, 3.05) is 20.2 Å². The average molecular weight is 305 g/mol. The first-order valence-electron chi connectivity index (χ1n) is 6.13. The van der Waals surface area contributed by atoms with E-state index in [0.29, 0.717) is 19.0 Å². The second kappa shape index (κ2) is 6.17. The molecule has 1 aromatic rings. The first-order chi connectivity index (χ1) is 9.04. The summed E-state index contributed by atoms with van der Waals surface area (Å²) in [6.07, 6.45) is 3.36. The number of hydrogen-bond acceptors (Lipinski definition) is 4. The number of rotatable bonds is 5. The summed E-state index contributed by atoms with van der Waals surface area (Å²) in [5, 5.41) is 0.0434. The van der Waals surface area contributed by atoms with Crippen molar-refractivity contribution in [2.24, 2.45) is 0 Å². The Hall–Kier alpha value is -0.690. The third-order valence-electron chi connectivity index (χ3n) is 3.11. The van der Waals surface area contributed by atoms with E-state index in [9.17, 15) is 8.42 Å². The summed E-state index contributed by atoms with van der Waals surface area (Å²) in [5.41, 5.74) is 0.794. The highest BCUT2D eigenvalue weighted by Gasteiger charge is 2.26. The minimum Gasteiger partial charge on any atom is -0.377 e. The molecule has 7 heteroatoms. The van der Waals surface area contributed by atoms with Crippen LogP contribution in [-0.2, 0) is 20.6 Å². The molecule has 2 rings (SSSR count). The molecule has 0 spiro atoms. The molecule has 1 saturated heterocycles. The molecule has 0 amide bonds. The van der Waals surface area contributed by atoms with Crippen molar-refractivity contribution in [3.05, 3.63) is 23.9 Å². The fourth-order valence-electron chi connectivity index (χ4n) is 1.98. The quantitative estimate of drug-likeness (QED) is 0.776. The van der Waals surface area contributed by atoms with Crippen LogP contribution in [0.1, 0.15) is 18.4 Å². The Balaban J connectivity index is 2.10. The van der Waals surface area contributed by atoms with Crippen molar-refractivity contribution in [1.29, 1.82) is 0 Å². The highest BCUT2D eigenvalue weighted by Crippen LogP contribution is 2.17. The molecule has 1 aromatic heterocycles. The number of aromatic nitrogens is 1. The number of hydrogen-bond donors (Lipinski definition) is 0. The van der Waals surface area contributed by atoms with Gasteiger partial charge < -0.3 is 4.74 Å². The molecule has 19 heavy (non-hydrogen) atoms. The highest BCUT2D eigenvalue weighted by molar-refractivity contribution is 7.89. The zero-order valence-corrected chi connectivity index (χ0v) is 12.3. The van der Waals surface area contributed by atoms with Gasteiger partial charge in [0.1, 0.15) is 0 Å². The zero-order valence-electron chi connectivity index (χ0n) is 10.8. The van der Waals surface area contributed by atoms with Crippen molar-refractivity contribution >= 4 is 21.6 Å². The van der Waals surface area contributed by atoms with Gasteiger partial charge in [-0.1, -0.05) is 6.07 Å². The fraction of sp³-hybridized carbons (Fsp3) is 0.583. The van der Waals surface area contributed by atoms with E-state index in [1.165, 1.54) is 16.6 Å². The van der Waals surface area contributed by atoms with E-state index in [-0.39, 0.29) is 11.1 Å². The lowest BCUT2D eigenvalue weighted by Crippen LogP contribution is -2.34. The standard InChI is InChI=1S/C12H17ClN2O3S/c1-15(9-11-3-2-6-18-11)19(16,17)12-5-4-10(7-13)8-14-12/h4-5,8,11H,2-3,6-7,9H2,1H3. The van der Waals surface area contributed by atoms with Crippen molar-refractivity contribution < 1.29 is 13.2 Å². The van der Waals surface area contributed by atoms with Gasteiger partial charge in [0.25, 0.3) is 10.0 Å². The van der Waals surface area contributed by atoms with Crippen molar-refractivity contribution in [3.63, 3.8) is 0 Å². The second-order valence-corrected chi connectivity index (χ2v) is 6.82. The molecule has 2 heterocycles. The van der Waals surface area contributed by atoms with Gasteiger partial charge >= 0.3 is 0 Å². The SMILES string of the molecule is CN(CC1CCCO1)S(=O)(=O)c1ccc(CCl)cn1. The Kier molecular flexibility index (Phi) is 4.78. The normalized spacial score (nSPS) is 20.1. The van der Waals surface area contributed by atoms with Crippen LogP contribution in [0.3, 0.4) is 0 Å². The average Bonchev–Trinajstić information content (AvgIpc) is 2.91. The monoisotopic (exact) mass is 304 g/mol. The first-order valence-corrected chi connectivity index (χ1v) is 8.10. The molecular weight excluding hydrogens is 288 g/mol. The minimum absolute atomic E-state index is 0.0121. The highest BCUT2D eigenvalue weighted by atomic mass is 35.5. The first kappa shape index (κ1) is 14.7. The molecule has 1 fully saturated rings. The van der Waals surface area contributed by atoms with Crippen LogP contribution in [-0.4, -0.2) is 44.0 Å². The van der Waals surface area contributed by atoms with Gasteiger partial charge in [-0.2, -0.15) is 4.31 Å². The zero-order chi connectivity index (χ0) is 13.9. The summed E-state index contributed by atoms with van der Waals surface area (Å²) in [5.74, 6) is 0.319. The maximum Gasteiger partial charge on any atom is 0.260 e. The molecule has 0 N–H and O–H groups in total. The number of alkyl halides is 1. The van der Waals surface area contributed by atoms with Crippen LogP contribution in [0.15, 0.2) is 23.4 Å². The number of halogens is 1. The summed E-state index contributed by atoms with van der Waals surface area (Å²) in [7, 11) is -2.00. The molecule has 1 unspecified atom stereocenters. The van der Waals surface area contributed by atoms with Gasteiger partial charge in [0, 0.05) is 32.3 Å². The van der Waals surface area contributed by atoms with Crippen LogP contribution in [0.5, 0.6) is 0 Å². The summed E-state index contributed by atoms with van der Waals surface area (Å²) < 4.78 is 31.3. The van der Waals surface area contributed by atoms with Crippen molar-refractivity contribution in [1.82, 2.24) is 9.29 Å². The Bertz CT molecular complexity index is 512. The predicted molar refractivity (Wildman–Crippen MR) is 72.6 cm³/mol. The van der Waals surface area contributed by atoms with E-state index >= 15 is 0 Å². The number of ether oxygens (including phenoxy) is 1. The maximum atomic E-state index is 12.3. The van der Waals surface area contributed by atoms with Gasteiger partial charge in [-0.25, -0.2) is 13.4 Å².